The molecule has 3 nitrogen and oxygen atoms in total. The average molecular weight is 214 g/mol. The summed E-state index contributed by atoms with van der Waals surface area (Å²) in [6.07, 6.45) is 0.293. The summed E-state index contributed by atoms with van der Waals surface area (Å²) < 4.78 is 0. The lowest BCUT2D eigenvalue weighted by Gasteiger charge is -2.05. The van der Waals surface area contributed by atoms with Gasteiger partial charge >= 0.3 is 0 Å². The summed E-state index contributed by atoms with van der Waals surface area (Å²) in [6, 6.07) is 4.90. The molecule has 0 bridgehead atoms. The number of nitrogens with one attached hydrogen (secondary N) is 1. The quantitative estimate of drug-likeness (QED) is 0.598. The van der Waals surface area contributed by atoms with E-state index in [-0.39, 0.29) is 11.7 Å². The van der Waals surface area contributed by atoms with Crippen molar-refractivity contribution in [3.05, 3.63) is 23.8 Å². The van der Waals surface area contributed by atoms with Crippen LogP contribution in [0.2, 0.25) is 0 Å². The van der Waals surface area contributed by atoms with Gasteiger partial charge in [-0.05, 0) is 30.7 Å². The molecule has 4 heteroatoms. The third kappa shape index (κ3) is 2.92. The summed E-state index contributed by atoms with van der Waals surface area (Å²) >= 11 is 5.42. The van der Waals surface area contributed by atoms with Gasteiger partial charge in [0.25, 0.3) is 0 Å². The van der Waals surface area contributed by atoms with E-state index < -0.39 is 0 Å². The summed E-state index contributed by atoms with van der Waals surface area (Å²) in [5, 5.41) is 11.9. The lowest BCUT2D eigenvalue weighted by Crippen LogP contribution is -2.11. The Bertz CT molecular complexity index is 339. The van der Waals surface area contributed by atoms with Crippen LogP contribution in [-0.2, 0) is 4.79 Å². The van der Waals surface area contributed by atoms with Crippen molar-refractivity contribution in [2.75, 3.05) is 11.2 Å². The van der Waals surface area contributed by atoms with E-state index in [0.29, 0.717) is 18.0 Å². The highest BCUT2D eigenvalue weighted by molar-refractivity contribution is 6.19. The highest BCUT2D eigenvalue weighted by Crippen LogP contribution is 2.20. The first kappa shape index (κ1) is 10.9. The van der Waals surface area contributed by atoms with Crippen LogP contribution in [0.5, 0.6) is 5.75 Å². The molecule has 14 heavy (non-hydrogen) atoms. The molecule has 0 aromatic heterocycles. The molecule has 1 aromatic rings. The number of carbonyl (C=O) groups is 1. The third-order valence-corrected chi connectivity index (χ3v) is 1.99. The minimum absolute atomic E-state index is 0.120. The minimum Gasteiger partial charge on any atom is -0.508 e. The highest BCUT2D eigenvalue weighted by Gasteiger charge is 2.02. The number of anilines is 1. The van der Waals surface area contributed by atoms with E-state index in [2.05, 4.69) is 5.32 Å². The van der Waals surface area contributed by atoms with E-state index in [9.17, 15) is 9.90 Å². The summed E-state index contributed by atoms with van der Waals surface area (Å²) in [7, 11) is 0. The Morgan fingerprint density at radius 3 is 2.86 bits per heavy atom. The Labute approximate surface area is 87.7 Å². The predicted molar refractivity (Wildman–Crippen MR) is 56.8 cm³/mol. The summed E-state index contributed by atoms with van der Waals surface area (Å²) in [5.41, 5.74) is 1.41. The monoisotopic (exact) mass is 213 g/mol. The maximum absolute atomic E-state index is 11.2. The Morgan fingerprint density at radius 2 is 2.29 bits per heavy atom. The summed E-state index contributed by atoms with van der Waals surface area (Å²) in [4.78, 5) is 11.2. The number of benzene rings is 1. The first-order valence-corrected chi connectivity index (χ1v) is 4.82. The molecule has 0 saturated heterocycles. The Balaban J connectivity index is 2.68. The van der Waals surface area contributed by atoms with Crippen molar-refractivity contribution in [3.8, 4) is 5.75 Å². The number of amides is 1. The molecule has 0 radical (unpaired) electrons. The molecule has 0 atom stereocenters. The highest BCUT2D eigenvalue weighted by atomic mass is 35.5. The fraction of sp³-hybridized carbons (Fsp3) is 0.300. The summed E-state index contributed by atoms with van der Waals surface area (Å²) in [5.74, 6) is 0.411. The fourth-order valence-electron chi connectivity index (χ4n) is 1.04. The van der Waals surface area contributed by atoms with Gasteiger partial charge in [0.1, 0.15) is 5.75 Å². The van der Waals surface area contributed by atoms with E-state index in [4.69, 9.17) is 11.6 Å². The lowest BCUT2D eigenvalue weighted by molar-refractivity contribution is -0.115. The number of alkyl halides is 1. The van der Waals surface area contributed by atoms with Crippen molar-refractivity contribution in [1.82, 2.24) is 0 Å². The second kappa shape index (κ2) is 4.86. The van der Waals surface area contributed by atoms with E-state index in [0.717, 1.165) is 5.56 Å². The SMILES string of the molecule is Cc1cc(NC(=O)CCCl)ccc1O. The molecule has 0 spiro atoms. The van der Waals surface area contributed by atoms with Gasteiger partial charge in [-0.15, -0.1) is 11.6 Å². The van der Waals surface area contributed by atoms with Gasteiger partial charge in [0.05, 0.1) is 0 Å². The van der Waals surface area contributed by atoms with Gasteiger partial charge in [-0.1, -0.05) is 0 Å². The lowest BCUT2D eigenvalue weighted by atomic mass is 10.2. The van der Waals surface area contributed by atoms with Crippen LogP contribution in [0, 0.1) is 6.92 Å². The van der Waals surface area contributed by atoms with Gasteiger partial charge in [-0.2, -0.15) is 0 Å². The van der Waals surface area contributed by atoms with Crippen LogP contribution in [0.25, 0.3) is 0 Å². The van der Waals surface area contributed by atoms with Crippen molar-refractivity contribution < 1.29 is 9.90 Å². The van der Waals surface area contributed by atoms with Gasteiger partial charge < -0.3 is 10.4 Å². The maximum Gasteiger partial charge on any atom is 0.225 e. The van der Waals surface area contributed by atoms with Crippen LogP contribution >= 0.6 is 11.6 Å². The number of rotatable bonds is 3. The zero-order valence-electron chi connectivity index (χ0n) is 7.88. The van der Waals surface area contributed by atoms with Crippen molar-refractivity contribution in [2.45, 2.75) is 13.3 Å². The first-order chi connectivity index (χ1) is 6.63. The smallest absolute Gasteiger partial charge is 0.225 e. The normalized spacial score (nSPS) is 9.86. The zero-order valence-corrected chi connectivity index (χ0v) is 8.64. The molecule has 1 aromatic carbocycles. The molecule has 76 valence electrons. The maximum atomic E-state index is 11.2. The fourth-order valence-corrected chi connectivity index (χ4v) is 1.21. The van der Waals surface area contributed by atoms with Crippen LogP contribution in [0.4, 0.5) is 5.69 Å². The number of aromatic hydroxyl groups is 1. The van der Waals surface area contributed by atoms with Gasteiger partial charge in [0, 0.05) is 18.0 Å². The Morgan fingerprint density at radius 1 is 1.57 bits per heavy atom. The molecular weight excluding hydrogens is 202 g/mol. The molecule has 0 aliphatic heterocycles. The number of halogens is 1. The predicted octanol–water partition coefficient (Wildman–Crippen LogP) is 2.27. The zero-order chi connectivity index (χ0) is 10.6. The second-order valence-corrected chi connectivity index (χ2v) is 3.37. The van der Waals surface area contributed by atoms with E-state index in [1.54, 1.807) is 25.1 Å². The van der Waals surface area contributed by atoms with Gasteiger partial charge in [-0.3, -0.25) is 4.79 Å². The number of aryl methyl sites for hydroxylation is 1. The summed E-state index contributed by atoms with van der Waals surface area (Å²) in [6.45, 7) is 1.77. The van der Waals surface area contributed by atoms with Crippen molar-refractivity contribution in [3.63, 3.8) is 0 Å². The van der Waals surface area contributed by atoms with Gasteiger partial charge in [0.15, 0.2) is 0 Å². The average Bonchev–Trinajstić information content (AvgIpc) is 2.12. The number of phenolic OH excluding ortho intramolecular Hbond substituents is 1. The van der Waals surface area contributed by atoms with Crippen LogP contribution < -0.4 is 5.32 Å². The topological polar surface area (TPSA) is 49.3 Å². The molecule has 1 amide bonds. The largest absolute Gasteiger partial charge is 0.508 e. The molecule has 0 saturated carbocycles. The number of carbonyl (C=O) groups excluding carboxylic acids is 1. The Hall–Kier alpha value is -1.22. The molecule has 1 rings (SSSR count). The molecule has 2 N–H and O–H groups in total. The van der Waals surface area contributed by atoms with Gasteiger partial charge in [-0.25, -0.2) is 0 Å². The van der Waals surface area contributed by atoms with Gasteiger partial charge in [0.2, 0.25) is 5.91 Å². The molecule has 0 heterocycles. The van der Waals surface area contributed by atoms with Crippen LogP contribution in [0.3, 0.4) is 0 Å². The standard InChI is InChI=1S/C10H12ClNO2/c1-7-6-8(2-3-9(7)13)12-10(14)4-5-11/h2-3,6,13H,4-5H2,1H3,(H,12,14). The third-order valence-electron chi connectivity index (χ3n) is 1.80. The minimum atomic E-state index is -0.120. The van der Waals surface area contributed by atoms with E-state index in [1.807, 2.05) is 0 Å². The second-order valence-electron chi connectivity index (χ2n) is 2.99. The molecule has 0 unspecified atom stereocenters. The van der Waals surface area contributed by atoms with Crippen molar-refractivity contribution in [1.29, 1.82) is 0 Å². The van der Waals surface area contributed by atoms with E-state index in [1.165, 1.54) is 0 Å². The van der Waals surface area contributed by atoms with E-state index >= 15 is 0 Å². The molecular formula is C10H12ClNO2. The number of hydrogen-bond donors (Lipinski definition) is 2. The Kier molecular flexibility index (Phi) is 3.77. The molecule has 0 fully saturated rings. The van der Waals surface area contributed by atoms with Crippen molar-refractivity contribution in [2.24, 2.45) is 0 Å². The van der Waals surface area contributed by atoms with Crippen molar-refractivity contribution >= 4 is 23.2 Å². The number of hydrogen-bond acceptors (Lipinski definition) is 2. The van der Waals surface area contributed by atoms with Crippen LogP contribution in [0.15, 0.2) is 18.2 Å². The van der Waals surface area contributed by atoms with Crippen LogP contribution in [0.1, 0.15) is 12.0 Å². The van der Waals surface area contributed by atoms with Crippen LogP contribution in [-0.4, -0.2) is 16.9 Å². The molecule has 0 aliphatic rings. The first-order valence-electron chi connectivity index (χ1n) is 4.29. The molecule has 0 aliphatic carbocycles. The number of phenols is 1.